The van der Waals surface area contributed by atoms with E-state index in [1.54, 1.807) is 0 Å². The predicted octanol–water partition coefficient (Wildman–Crippen LogP) is 10.9. The summed E-state index contributed by atoms with van der Waals surface area (Å²) in [6.45, 7) is 23.0. The molecule has 228 valence electrons. The zero-order valence-corrected chi connectivity index (χ0v) is 28.0. The summed E-state index contributed by atoms with van der Waals surface area (Å²) in [6.07, 6.45) is 21.2. The predicted molar refractivity (Wildman–Crippen MR) is 168 cm³/mol. The summed E-state index contributed by atoms with van der Waals surface area (Å²) >= 11 is 0. The third-order valence-corrected chi connectivity index (χ3v) is 15.1. The van der Waals surface area contributed by atoms with Gasteiger partial charge in [0.15, 0.2) is 0 Å². The van der Waals surface area contributed by atoms with Gasteiger partial charge in [0.2, 0.25) is 0 Å². The molecule has 0 bridgehead atoms. The van der Waals surface area contributed by atoms with E-state index in [1.165, 1.54) is 70.6 Å². The number of esters is 1. The fourth-order valence-corrected chi connectivity index (χ4v) is 12.1. The van der Waals surface area contributed by atoms with Crippen molar-refractivity contribution in [2.75, 3.05) is 0 Å². The molecule has 10 unspecified atom stereocenters. The van der Waals surface area contributed by atoms with E-state index in [0.717, 1.165) is 42.9 Å². The molecule has 0 amide bonds. The van der Waals surface area contributed by atoms with Crippen LogP contribution in [0.3, 0.4) is 0 Å². The summed E-state index contributed by atoms with van der Waals surface area (Å²) in [4.78, 5) is 12.9. The van der Waals surface area contributed by atoms with Gasteiger partial charge in [-0.2, -0.15) is 0 Å². The number of fused-ring (bicyclic) bond motifs is 7. The van der Waals surface area contributed by atoms with Crippen molar-refractivity contribution in [1.82, 2.24) is 0 Å². The third kappa shape index (κ3) is 4.58. The maximum Gasteiger partial charge on any atom is 0.306 e. The van der Waals surface area contributed by atoms with Crippen LogP contribution in [0.4, 0.5) is 0 Å². The SMILES string of the molecule is CCCCCCCC(=O)OC1CCC2(C)C(CCC3(C)C2CC=C2C4C(C)C(C)CCC4(C)CCC23C)C1(C)C. The van der Waals surface area contributed by atoms with Crippen LogP contribution >= 0.6 is 0 Å². The zero-order chi connectivity index (χ0) is 29.1. The largest absolute Gasteiger partial charge is 0.462 e. The van der Waals surface area contributed by atoms with Crippen molar-refractivity contribution in [3.63, 3.8) is 0 Å². The first-order valence-electron chi connectivity index (χ1n) is 17.6. The van der Waals surface area contributed by atoms with Crippen molar-refractivity contribution >= 4 is 5.97 Å². The minimum absolute atomic E-state index is 0.0373. The highest BCUT2D eigenvalue weighted by Gasteiger charge is 2.68. The fraction of sp³-hybridized carbons (Fsp3) is 0.921. The molecule has 0 aromatic rings. The maximum atomic E-state index is 12.9. The lowest BCUT2D eigenvalue weighted by atomic mass is 9.33. The minimum atomic E-state index is 0.0373. The summed E-state index contributed by atoms with van der Waals surface area (Å²) in [6, 6.07) is 0. The Bertz CT molecular complexity index is 978. The first-order valence-corrected chi connectivity index (χ1v) is 17.6. The van der Waals surface area contributed by atoms with Crippen LogP contribution in [-0.2, 0) is 9.53 Å². The molecule has 5 rings (SSSR count). The van der Waals surface area contributed by atoms with E-state index in [1.807, 2.05) is 5.57 Å². The molecule has 2 nitrogen and oxygen atoms in total. The number of unbranched alkanes of at least 4 members (excludes halogenated alkanes) is 4. The van der Waals surface area contributed by atoms with E-state index >= 15 is 0 Å². The molecule has 5 aliphatic rings. The lowest BCUT2D eigenvalue weighted by molar-refractivity contribution is -0.213. The number of carbonyl (C=O) groups is 1. The van der Waals surface area contributed by atoms with Crippen LogP contribution < -0.4 is 0 Å². The Morgan fingerprint density at radius 3 is 2.30 bits per heavy atom. The topological polar surface area (TPSA) is 26.3 Å². The maximum absolute atomic E-state index is 12.9. The van der Waals surface area contributed by atoms with Crippen molar-refractivity contribution in [2.45, 2.75) is 165 Å². The Hall–Kier alpha value is -0.790. The Labute approximate surface area is 248 Å². The van der Waals surface area contributed by atoms with Crippen LogP contribution in [0.5, 0.6) is 0 Å². The second kappa shape index (κ2) is 10.7. The number of carbonyl (C=O) groups excluding carboxylic acids is 1. The highest BCUT2D eigenvalue weighted by molar-refractivity contribution is 5.69. The molecule has 4 fully saturated rings. The second-order valence-corrected chi connectivity index (χ2v) is 17.3. The van der Waals surface area contributed by atoms with Gasteiger partial charge in [-0.1, -0.05) is 99.6 Å². The van der Waals surface area contributed by atoms with Gasteiger partial charge < -0.3 is 4.74 Å². The van der Waals surface area contributed by atoms with E-state index in [-0.39, 0.29) is 17.5 Å². The van der Waals surface area contributed by atoms with Gasteiger partial charge in [0, 0.05) is 11.8 Å². The molecule has 5 aliphatic carbocycles. The van der Waals surface area contributed by atoms with Crippen LogP contribution in [0.2, 0.25) is 0 Å². The molecule has 0 heterocycles. The van der Waals surface area contributed by atoms with Crippen LogP contribution in [0.25, 0.3) is 0 Å². The molecule has 0 saturated heterocycles. The summed E-state index contributed by atoms with van der Waals surface area (Å²) in [5.74, 6) is 3.81. The summed E-state index contributed by atoms with van der Waals surface area (Å²) in [7, 11) is 0. The average molecular weight is 553 g/mol. The smallest absolute Gasteiger partial charge is 0.306 e. The normalized spacial score (nSPS) is 47.7. The van der Waals surface area contributed by atoms with Crippen molar-refractivity contribution in [2.24, 2.45) is 56.7 Å². The Kier molecular flexibility index (Phi) is 8.23. The van der Waals surface area contributed by atoms with E-state index in [9.17, 15) is 4.79 Å². The van der Waals surface area contributed by atoms with Crippen molar-refractivity contribution in [1.29, 1.82) is 0 Å². The molecule has 0 aliphatic heterocycles. The van der Waals surface area contributed by atoms with Gasteiger partial charge in [0.05, 0.1) is 0 Å². The van der Waals surface area contributed by atoms with Gasteiger partial charge in [-0.25, -0.2) is 0 Å². The second-order valence-electron chi connectivity index (χ2n) is 17.3. The van der Waals surface area contributed by atoms with Gasteiger partial charge in [0.25, 0.3) is 0 Å². The molecular weight excluding hydrogens is 488 g/mol. The Balaban J connectivity index is 1.36. The molecule has 10 atom stereocenters. The Morgan fingerprint density at radius 2 is 1.57 bits per heavy atom. The molecular formula is C38H64O2. The van der Waals surface area contributed by atoms with Gasteiger partial charge >= 0.3 is 5.97 Å². The van der Waals surface area contributed by atoms with Gasteiger partial charge in [-0.3, -0.25) is 4.79 Å². The van der Waals surface area contributed by atoms with Gasteiger partial charge in [-0.05, 0) is 115 Å². The molecule has 2 heteroatoms. The monoisotopic (exact) mass is 552 g/mol. The van der Waals surface area contributed by atoms with Gasteiger partial charge in [-0.15, -0.1) is 0 Å². The first-order chi connectivity index (χ1) is 18.7. The molecule has 0 radical (unpaired) electrons. The van der Waals surface area contributed by atoms with Crippen LogP contribution in [0, 0.1) is 56.7 Å². The highest BCUT2D eigenvalue weighted by Crippen LogP contribution is 2.75. The first kappa shape index (κ1) is 30.7. The number of rotatable bonds is 7. The Morgan fingerprint density at radius 1 is 0.850 bits per heavy atom. The van der Waals surface area contributed by atoms with Crippen molar-refractivity contribution < 1.29 is 9.53 Å². The van der Waals surface area contributed by atoms with E-state index in [0.29, 0.717) is 34.0 Å². The number of hydrogen-bond donors (Lipinski definition) is 0. The minimum Gasteiger partial charge on any atom is -0.462 e. The highest BCUT2D eigenvalue weighted by atomic mass is 16.5. The molecule has 0 spiro atoms. The summed E-state index contributed by atoms with van der Waals surface area (Å²) in [5, 5.41) is 0. The molecule has 0 N–H and O–H groups in total. The molecule has 40 heavy (non-hydrogen) atoms. The number of allylic oxidation sites excluding steroid dienone is 2. The van der Waals surface area contributed by atoms with E-state index in [4.69, 9.17) is 4.74 Å². The van der Waals surface area contributed by atoms with Crippen LogP contribution in [-0.4, -0.2) is 12.1 Å². The standard InChI is InChI=1S/C38H64O2/c1-10-11-12-13-14-15-32(39)40-31-20-22-36(7)29(34(31,4)5)19-23-38(9)30(36)17-16-28-33-27(3)26(2)18-21-35(33,6)24-25-37(28,38)8/h16,26-27,29-31,33H,10-15,17-25H2,1-9H3. The lowest BCUT2D eigenvalue weighted by Gasteiger charge is -2.71. The fourth-order valence-electron chi connectivity index (χ4n) is 12.1. The number of ether oxygens (including phenoxy) is 1. The van der Waals surface area contributed by atoms with Gasteiger partial charge in [0.1, 0.15) is 6.10 Å². The molecule has 0 aromatic heterocycles. The molecule has 4 saturated carbocycles. The van der Waals surface area contributed by atoms with Crippen molar-refractivity contribution in [3.8, 4) is 0 Å². The van der Waals surface area contributed by atoms with Crippen LogP contribution in [0.1, 0.15) is 159 Å². The quantitative estimate of drug-likeness (QED) is 0.178. The molecule has 0 aromatic carbocycles. The average Bonchev–Trinajstić information content (AvgIpc) is 2.89. The van der Waals surface area contributed by atoms with E-state index in [2.05, 4.69) is 68.4 Å². The summed E-state index contributed by atoms with van der Waals surface area (Å²) in [5.41, 5.74) is 3.42. The van der Waals surface area contributed by atoms with Crippen molar-refractivity contribution in [3.05, 3.63) is 11.6 Å². The third-order valence-electron chi connectivity index (χ3n) is 15.1. The lowest BCUT2D eigenvalue weighted by Crippen LogP contribution is -2.65. The zero-order valence-electron chi connectivity index (χ0n) is 28.0. The van der Waals surface area contributed by atoms with E-state index < -0.39 is 0 Å². The van der Waals surface area contributed by atoms with Crippen LogP contribution in [0.15, 0.2) is 11.6 Å². The number of hydrogen-bond acceptors (Lipinski definition) is 2. The summed E-state index contributed by atoms with van der Waals surface area (Å²) < 4.78 is 6.32.